The van der Waals surface area contributed by atoms with Crippen molar-refractivity contribution in [3.63, 3.8) is 0 Å². The molecular formula is C17H24N2O7S. The molecule has 1 aromatic carbocycles. The summed E-state index contributed by atoms with van der Waals surface area (Å²) in [5, 5.41) is 2.52. The predicted molar refractivity (Wildman–Crippen MR) is 97.0 cm³/mol. The van der Waals surface area contributed by atoms with Gasteiger partial charge in [0, 0.05) is 18.8 Å². The number of rotatable bonds is 7. The number of hydrogen-bond acceptors (Lipinski definition) is 7. The Morgan fingerprint density at radius 3 is 2.52 bits per heavy atom. The number of morpholine rings is 1. The molecule has 9 nitrogen and oxygen atoms in total. The van der Waals surface area contributed by atoms with Gasteiger partial charge in [-0.15, -0.1) is 0 Å². The lowest BCUT2D eigenvalue weighted by molar-refractivity contribution is -0.150. The van der Waals surface area contributed by atoms with Gasteiger partial charge in [0.15, 0.2) is 6.61 Å². The summed E-state index contributed by atoms with van der Waals surface area (Å²) in [7, 11) is -2.44. The zero-order valence-electron chi connectivity index (χ0n) is 15.6. The van der Waals surface area contributed by atoms with Crippen molar-refractivity contribution in [2.45, 2.75) is 18.7 Å². The SMILES string of the molecule is COc1ccc(NC(=O)COC(=O)C(C)C)cc1S(=O)(=O)N1CCOCC1. The number of nitrogens with one attached hydrogen (secondary N) is 1. The summed E-state index contributed by atoms with van der Waals surface area (Å²) >= 11 is 0. The first-order valence-electron chi connectivity index (χ1n) is 8.48. The largest absolute Gasteiger partial charge is 0.495 e. The topological polar surface area (TPSA) is 111 Å². The molecule has 10 heteroatoms. The molecule has 0 spiro atoms. The number of esters is 1. The molecule has 0 radical (unpaired) electrons. The maximum absolute atomic E-state index is 12.9. The van der Waals surface area contributed by atoms with Gasteiger partial charge in [-0.25, -0.2) is 8.42 Å². The van der Waals surface area contributed by atoms with E-state index in [1.807, 2.05) is 0 Å². The number of benzene rings is 1. The van der Waals surface area contributed by atoms with Crippen molar-refractivity contribution in [1.82, 2.24) is 4.31 Å². The Hall–Kier alpha value is -2.17. The maximum atomic E-state index is 12.9. The summed E-state index contributed by atoms with van der Waals surface area (Å²) in [6.45, 7) is 3.99. The van der Waals surface area contributed by atoms with Gasteiger partial charge >= 0.3 is 5.97 Å². The fourth-order valence-corrected chi connectivity index (χ4v) is 3.97. The Bertz CT molecular complexity index is 786. The van der Waals surface area contributed by atoms with Crippen LogP contribution in [0.4, 0.5) is 5.69 Å². The highest BCUT2D eigenvalue weighted by molar-refractivity contribution is 7.89. The Morgan fingerprint density at radius 1 is 1.26 bits per heavy atom. The molecule has 0 atom stereocenters. The molecule has 1 fully saturated rings. The highest BCUT2D eigenvalue weighted by Crippen LogP contribution is 2.30. The van der Waals surface area contributed by atoms with E-state index in [0.29, 0.717) is 13.2 Å². The van der Waals surface area contributed by atoms with Crippen LogP contribution in [0, 0.1) is 5.92 Å². The molecule has 1 saturated heterocycles. The fourth-order valence-electron chi connectivity index (χ4n) is 2.38. The van der Waals surface area contributed by atoms with Crippen LogP contribution in [-0.2, 0) is 29.1 Å². The Balaban J connectivity index is 2.17. The van der Waals surface area contributed by atoms with Crippen molar-refractivity contribution in [3.05, 3.63) is 18.2 Å². The number of methoxy groups -OCH3 is 1. The minimum absolute atomic E-state index is 0.0520. The lowest BCUT2D eigenvalue weighted by Gasteiger charge is -2.26. The predicted octanol–water partition coefficient (Wildman–Crippen LogP) is 0.854. The summed E-state index contributed by atoms with van der Waals surface area (Å²) in [5.74, 6) is -1.23. The van der Waals surface area contributed by atoms with Crippen LogP contribution < -0.4 is 10.1 Å². The first-order valence-corrected chi connectivity index (χ1v) is 9.92. The Morgan fingerprint density at radius 2 is 1.93 bits per heavy atom. The number of anilines is 1. The first kappa shape index (κ1) is 21.1. The lowest BCUT2D eigenvalue weighted by Crippen LogP contribution is -2.40. The summed E-state index contributed by atoms with van der Waals surface area (Å²) in [5.41, 5.74) is 0.258. The minimum Gasteiger partial charge on any atom is -0.495 e. The zero-order valence-corrected chi connectivity index (χ0v) is 16.4. The van der Waals surface area contributed by atoms with E-state index in [0.717, 1.165) is 0 Å². The fraction of sp³-hybridized carbons (Fsp3) is 0.529. The first-order chi connectivity index (χ1) is 12.8. The molecule has 0 bridgehead atoms. The van der Waals surface area contributed by atoms with Gasteiger partial charge in [-0.05, 0) is 18.2 Å². The maximum Gasteiger partial charge on any atom is 0.308 e. The van der Waals surface area contributed by atoms with Gasteiger partial charge in [-0.2, -0.15) is 4.31 Å². The molecule has 1 heterocycles. The van der Waals surface area contributed by atoms with Gasteiger partial charge < -0.3 is 19.5 Å². The molecule has 0 aliphatic carbocycles. The molecule has 1 aliphatic heterocycles. The highest BCUT2D eigenvalue weighted by atomic mass is 32.2. The van der Waals surface area contributed by atoms with E-state index in [1.54, 1.807) is 13.8 Å². The van der Waals surface area contributed by atoms with Gasteiger partial charge in [0.1, 0.15) is 10.6 Å². The zero-order chi connectivity index (χ0) is 20.0. The van der Waals surface area contributed by atoms with Crippen LogP contribution in [0.3, 0.4) is 0 Å². The monoisotopic (exact) mass is 400 g/mol. The van der Waals surface area contributed by atoms with Crippen molar-refractivity contribution in [2.75, 3.05) is 45.3 Å². The van der Waals surface area contributed by atoms with E-state index in [1.165, 1.54) is 29.6 Å². The van der Waals surface area contributed by atoms with Crippen molar-refractivity contribution < 1.29 is 32.2 Å². The second-order valence-corrected chi connectivity index (χ2v) is 8.10. The van der Waals surface area contributed by atoms with Crippen LogP contribution in [-0.4, -0.2) is 64.6 Å². The molecular weight excluding hydrogens is 376 g/mol. The van der Waals surface area contributed by atoms with Gasteiger partial charge in [0.05, 0.1) is 26.2 Å². The van der Waals surface area contributed by atoms with E-state index in [-0.39, 0.29) is 35.3 Å². The molecule has 1 N–H and O–H groups in total. The molecule has 150 valence electrons. The van der Waals surface area contributed by atoms with Gasteiger partial charge in [0.2, 0.25) is 10.0 Å². The van der Waals surface area contributed by atoms with Crippen LogP contribution >= 0.6 is 0 Å². The Kier molecular flexibility index (Phi) is 7.17. The molecule has 1 amide bonds. The average molecular weight is 400 g/mol. The summed E-state index contributed by atoms with van der Waals surface area (Å²) < 4.78 is 42.3. The summed E-state index contributed by atoms with van der Waals surface area (Å²) in [6.07, 6.45) is 0. The summed E-state index contributed by atoms with van der Waals surface area (Å²) in [4.78, 5) is 23.3. The number of hydrogen-bond donors (Lipinski definition) is 1. The second kappa shape index (κ2) is 9.16. The molecule has 1 aliphatic rings. The van der Waals surface area contributed by atoms with Crippen LogP contribution in [0.2, 0.25) is 0 Å². The standard InChI is InChI=1S/C17H24N2O7S/c1-12(2)17(21)26-11-16(20)18-13-4-5-14(24-3)15(10-13)27(22,23)19-6-8-25-9-7-19/h4-5,10,12H,6-9,11H2,1-3H3,(H,18,20). The molecule has 0 unspecified atom stereocenters. The van der Waals surface area contributed by atoms with Crippen molar-refractivity contribution in [3.8, 4) is 5.75 Å². The van der Waals surface area contributed by atoms with Crippen molar-refractivity contribution >= 4 is 27.6 Å². The smallest absolute Gasteiger partial charge is 0.308 e. The van der Waals surface area contributed by atoms with Crippen LogP contribution in [0.5, 0.6) is 5.75 Å². The van der Waals surface area contributed by atoms with Crippen molar-refractivity contribution in [1.29, 1.82) is 0 Å². The third-order valence-electron chi connectivity index (χ3n) is 3.85. The normalized spacial score (nSPS) is 15.4. The van der Waals surface area contributed by atoms with Gasteiger partial charge in [-0.1, -0.05) is 13.8 Å². The molecule has 1 aromatic rings. The number of nitrogens with zero attached hydrogens (tertiary/aromatic N) is 1. The second-order valence-electron chi connectivity index (χ2n) is 6.19. The van der Waals surface area contributed by atoms with E-state index < -0.39 is 28.5 Å². The van der Waals surface area contributed by atoms with E-state index in [9.17, 15) is 18.0 Å². The van der Waals surface area contributed by atoms with Crippen LogP contribution in [0.1, 0.15) is 13.8 Å². The lowest BCUT2D eigenvalue weighted by atomic mass is 10.2. The molecule has 0 aromatic heterocycles. The molecule has 27 heavy (non-hydrogen) atoms. The quantitative estimate of drug-likeness (QED) is 0.676. The van der Waals surface area contributed by atoms with E-state index in [2.05, 4.69) is 5.32 Å². The third-order valence-corrected chi connectivity index (χ3v) is 5.77. The van der Waals surface area contributed by atoms with Gasteiger partial charge in [-0.3, -0.25) is 9.59 Å². The van der Waals surface area contributed by atoms with Crippen molar-refractivity contribution in [2.24, 2.45) is 5.92 Å². The third kappa shape index (κ3) is 5.41. The number of sulfonamides is 1. The number of carbonyl (C=O) groups excluding carboxylic acids is 2. The molecule has 0 saturated carbocycles. The van der Waals surface area contributed by atoms with E-state index >= 15 is 0 Å². The molecule has 2 rings (SSSR count). The average Bonchev–Trinajstić information content (AvgIpc) is 2.66. The summed E-state index contributed by atoms with van der Waals surface area (Å²) in [6, 6.07) is 4.30. The minimum atomic E-state index is -3.81. The van der Waals surface area contributed by atoms with Gasteiger partial charge in [0.25, 0.3) is 5.91 Å². The highest BCUT2D eigenvalue weighted by Gasteiger charge is 2.29. The number of carbonyl (C=O) groups is 2. The Labute approximate surface area is 158 Å². The van der Waals surface area contributed by atoms with E-state index in [4.69, 9.17) is 14.2 Å². The number of amides is 1. The number of ether oxygens (including phenoxy) is 3. The van der Waals surface area contributed by atoms with Crippen LogP contribution in [0.15, 0.2) is 23.1 Å². The van der Waals surface area contributed by atoms with Crippen LogP contribution in [0.25, 0.3) is 0 Å².